The summed E-state index contributed by atoms with van der Waals surface area (Å²) in [7, 11) is 0. The summed E-state index contributed by atoms with van der Waals surface area (Å²) in [6.07, 6.45) is 8.26. The normalized spacial score (nSPS) is 48.2. The lowest BCUT2D eigenvalue weighted by molar-refractivity contribution is -0.125. The SMILES string of the molecule is CC1(C)[C@H]2CC[C@@]1(C)/C(=C\C=C1/C(=O)[C@@]3(C)CC[C@@H]1C3(C)C)C2=O. The van der Waals surface area contributed by atoms with E-state index in [-0.39, 0.29) is 27.6 Å². The Bertz CT molecular complexity index is 720. The molecule has 24 heavy (non-hydrogen) atoms. The van der Waals surface area contributed by atoms with E-state index in [1.54, 1.807) is 0 Å². The molecule has 4 saturated carbocycles. The molecule has 0 N–H and O–H groups in total. The van der Waals surface area contributed by atoms with Crippen LogP contribution in [-0.4, -0.2) is 11.6 Å². The van der Waals surface area contributed by atoms with E-state index < -0.39 is 0 Å². The molecule has 0 spiro atoms. The molecule has 0 saturated heterocycles. The van der Waals surface area contributed by atoms with Crippen molar-refractivity contribution in [1.82, 2.24) is 0 Å². The Balaban J connectivity index is 1.76. The Morgan fingerprint density at radius 1 is 0.792 bits per heavy atom. The number of hydrogen-bond acceptors (Lipinski definition) is 2. The van der Waals surface area contributed by atoms with Gasteiger partial charge in [-0.2, -0.15) is 0 Å². The second-order valence-corrected chi connectivity index (χ2v) is 10.2. The average molecular weight is 326 g/mol. The molecule has 0 radical (unpaired) electrons. The first-order chi connectivity index (χ1) is 11.0. The van der Waals surface area contributed by atoms with Crippen molar-refractivity contribution in [2.45, 2.75) is 67.2 Å². The number of allylic oxidation sites excluding steroid dienone is 4. The molecule has 0 aromatic heterocycles. The number of Topliss-reactive ketones (excluding diaryl/α,β-unsaturated/α-hetero) is 2. The highest BCUT2D eigenvalue weighted by atomic mass is 16.1. The Morgan fingerprint density at radius 3 is 1.83 bits per heavy atom. The first-order valence-electron chi connectivity index (χ1n) is 9.50. The lowest BCUT2D eigenvalue weighted by atomic mass is 9.69. The second kappa shape index (κ2) is 4.31. The highest BCUT2D eigenvalue weighted by Crippen LogP contribution is 2.67. The first-order valence-corrected chi connectivity index (χ1v) is 9.50. The van der Waals surface area contributed by atoms with E-state index in [0.717, 1.165) is 36.8 Å². The molecule has 0 amide bonds. The number of carbonyl (C=O) groups is 2. The molecule has 4 aliphatic carbocycles. The molecule has 0 aromatic rings. The molecule has 0 unspecified atom stereocenters. The first kappa shape index (κ1) is 16.3. The maximum Gasteiger partial charge on any atom is 0.165 e. The lowest BCUT2D eigenvalue weighted by Crippen LogP contribution is -2.32. The molecule has 0 heterocycles. The van der Waals surface area contributed by atoms with Gasteiger partial charge in [-0.1, -0.05) is 53.7 Å². The smallest absolute Gasteiger partial charge is 0.165 e. The zero-order valence-electron chi connectivity index (χ0n) is 16.0. The van der Waals surface area contributed by atoms with E-state index >= 15 is 0 Å². The van der Waals surface area contributed by atoms with Crippen LogP contribution in [0.5, 0.6) is 0 Å². The molecule has 4 fully saturated rings. The molecule has 2 heteroatoms. The third-order valence-electron chi connectivity index (χ3n) is 9.20. The summed E-state index contributed by atoms with van der Waals surface area (Å²) in [4.78, 5) is 25.8. The summed E-state index contributed by atoms with van der Waals surface area (Å²) >= 11 is 0. The van der Waals surface area contributed by atoms with Crippen LogP contribution < -0.4 is 0 Å². The van der Waals surface area contributed by atoms with Gasteiger partial charge in [0.05, 0.1) is 0 Å². The summed E-state index contributed by atoms with van der Waals surface area (Å²) in [5.74, 6) is 1.16. The van der Waals surface area contributed by atoms with Crippen molar-refractivity contribution in [1.29, 1.82) is 0 Å². The number of rotatable bonds is 1. The van der Waals surface area contributed by atoms with Crippen LogP contribution in [0.25, 0.3) is 0 Å². The molecule has 4 atom stereocenters. The molecule has 0 aromatic carbocycles. The van der Waals surface area contributed by atoms with Crippen molar-refractivity contribution in [3.05, 3.63) is 23.3 Å². The number of ketones is 2. The van der Waals surface area contributed by atoms with Crippen LogP contribution in [0.3, 0.4) is 0 Å². The van der Waals surface area contributed by atoms with Gasteiger partial charge in [-0.25, -0.2) is 0 Å². The predicted molar refractivity (Wildman–Crippen MR) is 95.4 cm³/mol. The number of carbonyl (C=O) groups excluding carboxylic acids is 2. The van der Waals surface area contributed by atoms with E-state index in [0.29, 0.717) is 17.5 Å². The highest BCUT2D eigenvalue weighted by molar-refractivity contribution is 6.06. The van der Waals surface area contributed by atoms with Gasteiger partial charge >= 0.3 is 0 Å². The Morgan fingerprint density at radius 2 is 1.33 bits per heavy atom. The van der Waals surface area contributed by atoms with Gasteiger partial charge in [-0.3, -0.25) is 9.59 Å². The van der Waals surface area contributed by atoms with Crippen molar-refractivity contribution in [2.75, 3.05) is 0 Å². The zero-order valence-corrected chi connectivity index (χ0v) is 16.0. The molecule has 4 rings (SSSR count). The third kappa shape index (κ3) is 1.50. The Kier molecular flexibility index (Phi) is 2.93. The number of fused-ring (bicyclic) bond motifs is 4. The van der Waals surface area contributed by atoms with Crippen LogP contribution in [0.15, 0.2) is 23.3 Å². The van der Waals surface area contributed by atoms with E-state index in [1.807, 2.05) is 12.2 Å². The van der Waals surface area contributed by atoms with Gasteiger partial charge in [-0.05, 0) is 48.0 Å². The molecule has 2 nitrogen and oxygen atoms in total. The quantitative estimate of drug-likeness (QED) is 0.643. The fraction of sp³-hybridized carbons (Fsp3) is 0.727. The molecule has 4 aliphatic rings. The third-order valence-corrected chi connectivity index (χ3v) is 9.20. The predicted octanol–water partition coefficient (Wildman–Crippen LogP) is 4.89. The van der Waals surface area contributed by atoms with Crippen molar-refractivity contribution in [2.24, 2.45) is 33.5 Å². The molecule has 0 aliphatic heterocycles. The standard InChI is InChI=1S/C22H30O2/c1-19(2)14-9-12-22(19,6)18(24)13(14)7-8-16-17(23)15-10-11-21(16,5)20(15,3)4/h7-8,14-15H,9-12H2,1-6H3/b13-7-,16-8-/t14-,15-,21-,22+/m0/s1. The highest BCUT2D eigenvalue weighted by Gasteiger charge is 2.65. The van der Waals surface area contributed by atoms with Crippen LogP contribution in [0.2, 0.25) is 0 Å². The number of hydrogen-bond donors (Lipinski definition) is 0. The fourth-order valence-electron chi connectivity index (χ4n) is 6.46. The summed E-state index contributed by atoms with van der Waals surface area (Å²) in [6, 6.07) is 0. The maximum absolute atomic E-state index is 13.0. The summed E-state index contributed by atoms with van der Waals surface area (Å²) < 4.78 is 0. The molecular formula is C22H30O2. The summed E-state index contributed by atoms with van der Waals surface area (Å²) in [5.41, 5.74) is 1.76. The topological polar surface area (TPSA) is 34.1 Å². The molecular weight excluding hydrogens is 296 g/mol. The summed E-state index contributed by atoms with van der Waals surface area (Å²) in [6.45, 7) is 13.3. The van der Waals surface area contributed by atoms with Crippen LogP contribution in [-0.2, 0) is 9.59 Å². The van der Waals surface area contributed by atoms with E-state index in [4.69, 9.17) is 0 Å². The van der Waals surface area contributed by atoms with Crippen LogP contribution in [0.1, 0.15) is 67.2 Å². The Labute approximate surface area is 145 Å². The van der Waals surface area contributed by atoms with Gasteiger partial charge < -0.3 is 0 Å². The van der Waals surface area contributed by atoms with E-state index in [1.165, 1.54) is 0 Å². The lowest BCUT2D eigenvalue weighted by Gasteiger charge is -2.34. The van der Waals surface area contributed by atoms with Crippen molar-refractivity contribution < 1.29 is 9.59 Å². The van der Waals surface area contributed by atoms with Gasteiger partial charge in [0, 0.05) is 22.3 Å². The Hall–Kier alpha value is -1.18. The fourth-order valence-corrected chi connectivity index (χ4v) is 6.46. The average Bonchev–Trinajstić information content (AvgIpc) is 2.96. The van der Waals surface area contributed by atoms with Gasteiger partial charge in [0.15, 0.2) is 11.6 Å². The van der Waals surface area contributed by atoms with Gasteiger partial charge in [0.2, 0.25) is 0 Å². The van der Waals surface area contributed by atoms with Crippen molar-refractivity contribution in [3.63, 3.8) is 0 Å². The molecule has 130 valence electrons. The minimum atomic E-state index is -0.218. The van der Waals surface area contributed by atoms with Crippen LogP contribution in [0, 0.1) is 33.5 Å². The van der Waals surface area contributed by atoms with E-state index in [9.17, 15) is 9.59 Å². The minimum Gasteiger partial charge on any atom is -0.294 e. The largest absolute Gasteiger partial charge is 0.294 e. The van der Waals surface area contributed by atoms with E-state index in [2.05, 4.69) is 41.5 Å². The maximum atomic E-state index is 13.0. The van der Waals surface area contributed by atoms with Crippen LogP contribution in [0.4, 0.5) is 0 Å². The van der Waals surface area contributed by atoms with Crippen molar-refractivity contribution in [3.8, 4) is 0 Å². The van der Waals surface area contributed by atoms with Gasteiger partial charge in [-0.15, -0.1) is 0 Å². The van der Waals surface area contributed by atoms with Gasteiger partial charge in [0.1, 0.15) is 0 Å². The summed E-state index contributed by atoms with van der Waals surface area (Å²) in [5, 5.41) is 0. The zero-order chi connectivity index (χ0) is 17.7. The van der Waals surface area contributed by atoms with Crippen molar-refractivity contribution >= 4 is 11.6 Å². The minimum absolute atomic E-state index is 0.0358. The molecule has 4 bridgehead atoms. The monoisotopic (exact) mass is 326 g/mol. The second-order valence-electron chi connectivity index (χ2n) is 10.2. The van der Waals surface area contributed by atoms with Gasteiger partial charge in [0.25, 0.3) is 0 Å². The van der Waals surface area contributed by atoms with Crippen LogP contribution >= 0.6 is 0 Å².